The molecule has 0 heterocycles. The molecule has 0 spiro atoms. The average molecular weight is 190 g/mol. The number of rotatable bonds is 3. The van der Waals surface area contributed by atoms with E-state index in [2.05, 4.69) is 18.2 Å². The molecule has 2 aliphatic rings. The lowest BCUT2D eigenvalue weighted by molar-refractivity contribution is 0.497. The van der Waals surface area contributed by atoms with Crippen LogP contribution in [0.4, 0.5) is 0 Å². The maximum Gasteiger partial charge on any atom is -0.0230 e. The minimum Gasteiger partial charge on any atom is -0.0883 e. The van der Waals surface area contributed by atoms with Crippen molar-refractivity contribution >= 4 is 0 Å². The van der Waals surface area contributed by atoms with Gasteiger partial charge in [-0.05, 0) is 63.7 Å². The van der Waals surface area contributed by atoms with Gasteiger partial charge in [0.2, 0.25) is 0 Å². The van der Waals surface area contributed by atoms with E-state index >= 15 is 0 Å². The summed E-state index contributed by atoms with van der Waals surface area (Å²) >= 11 is 0. The molecule has 78 valence electrons. The highest BCUT2D eigenvalue weighted by Crippen LogP contribution is 2.27. The Hall–Kier alpha value is -0.520. The zero-order chi connectivity index (χ0) is 9.64. The van der Waals surface area contributed by atoms with Crippen molar-refractivity contribution in [1.82, 2.24) is 0 Å². The molecule has 2 aliphatic carbocycles. The smallest absolute Gasteiger partial charge is 0.0230 e. The van der Waals surface area contributed by atoms with E-state index in [1.165, 1.54) is 57.8 Å². The van der Waals surface area contributed by atoms with Gasteiger partial charge in [-0.2, -0.15) is 0 Å². The lowest BCUT2D eigenvalue weighted by Crippen LogP contribution is -2.02. The van der Waals surface area contributed by atoms with E-state index < -0.39 is 0 Å². The topological polar surface area (TPSA) is 0 Å². The molecule has 0 aromatic carbocycles. The number of hydrogen-bond donors (Lipinski definition) is 0. The Bertz CT molecular complexity index is 222. The van der Waals surface area contributed by atoms with E-state index in [0.717, 1.165) is 5.92 Å². The summed E-state index contributed by atoms with van der Waals surface area (Å²) in [6.45, 7) is 0. The fraction of sp³-hybridized carbons (Fsp3) is 0.714. The first-order valence-electron chi connectivity index (χ1n) is 6.30. The fourth-order valence-electron chi connectivity index (χ4n) is 2.63. The Morgan fingerprint density at radius 2 is 2.14 bits per heavy atom. The van der Waals surface area contributed by atoms with Crippen LogP contribution in [0.1, 0.15) is 57.8 Å². The van der Waals surface area contributed by atoms with Gasteiger partial charge in [-0.3, -0.25) is 0 Å². The SMILES string of the molecule is C1=CC(CCC2=CCCCC2)CCC1. The van der Waals surface area contributed by atoms with Crippen LogP contribution in [0.2, 0.25) is 0 Å². The summed E-state index contributed by atoms with van der Waals surface area (Å²) in [4.78, 5) is 0. The van der Waals surface area contributed by atoms with Gasteiger partial charge in [0.05, 0.1) is 0 Å². The van der Waals surface area contributed by atoms with Gasteiger partial charge in [0.25, 0.3) is 0 Å². The van der Waals surface area contributed by atoms with Crippen LogP contribution < -0.4 is 0 Å². The molecule has 0 N–H and O–H groups in total. The van der Waals surface area contributed by atoms with Gasteiger partial charge in [0, 0.05) is 0 Å². The molecule has 2 rings (SSSR count). The van der Waals surface area contributed by atoms with Crippen molar-refractivity contribution in [1.29, 1.82) is 0 Å². The summed E-state index contributed by atoms with van der Waals surface area (Å²) < 4.78 is 0. The minimum absolute atomic E-state index is 0.895. The van der Waals surface area contributed by atoms with Crippen LogP contribution in [0.25, 0.3) is 0 Å². The highest BCUT2D eigenvalue weighted by atomic mass is 14.2. The van der Waals surface area contributed by atoms with Gasteiger partial charge in [-0.25, -0.2) is 0 Å². The highest BCUT2D eigenvalue weighted by molar-refractivity contribution is 5.06. The molecule has 14 heavy (non-hydrogen) atoms. The van der Waals surface area contributed by atoms with Crippen molar-refractivity contribution in [2.45, 2.75) is 57.8 Å². The van der Waals surface area contributed by atoms with Crippen LogP contribution in [0.5, 0.6) is 0 Å². The molecule has 0 saturated carbocycles. The molecular formula is C14H22. The summed E-state index contributed by atoms with van der Waals surface area (Å²) in [7, 11) is 0. The third-order valence-corrected chi connectivity index (χ3v) is 3.58. The van der Waals surface area contributed by atoms with Gasteiger partial charge in [0.15, 0.2) is 0 Å². The Morgan fingerprint density at radius 3 is 2.86 bits per heavy atom. The summed E-state index contributed by atoms with van der Waals surface area (Å²) in [6, 6.07) is 0. The maximum atomic E-state index is 2.50. The Labute approximate surface area is 88.1 Å². The fourth-order valence-corrected chi connectivity index (χ4v) is 2.63. The third kappa shape index (κ3) is 3.01. The molecule has 0 bridgehead atoms. The summed E-state index contributed by atoms with van der Waals surface area (Å²) in [5.74, 6) is 0.895. The second-order valence-electron chi connectivity index (χ2n) is 4.77. The van der Waals surface area contributed by atoms with Gasteiger partial charge in [0.1, 0.15) is 0 Å². The first kappa shape index (κ1) is 10.0. The number of allylic oxidation sites excluding steroid dienone is 4. The Kier molecular flexibility index (Phi) is 3.85. The minimum atomic E-state index is 0.895. The lowest BCUT2D eigenvalue weighted by Gasteiger charge is -2.18. The van der Waals surface area contributed by atoms with Crippen molar-refractivity contribution in [2.75, 3.05) is 0 Å². The van der Waals surface area contributed by atoms with E-state index in [9.17, 15) is 0 Å². The van der Waals surface area contributed by atoms with Gasteiger partial charge in [-0.15, -0.1) is 0 Å². The highest BCUT2D eigenvalue weighted by Gasteiger charge is 2.10. The molecule has 0 aromatic rings. The Balaban J connectivity index is 1.73. The summed E-state index contributed by atoms with van der Waals surface area (Å²) in [6.07, 6.45) is 19.9. The largest absolute Gasteiger partial charge is 0.0883 e. The van der Waals surface area contributed by atoms with Crippen molar-refractivity contribution in [3.8, 4) is 0 Å². The van der Waals surface area contributed by atoms with Gasteiger partial charge < -0.3 is 0 Å². The first-order valence-corrected chi connectivity index (χ1v) is 6.30. The zero-order valence-corrected chi connectivity index (χ0v) is 9.17. The normalized spacial score (nSPS) is 27.4. The van der Waals surface area contributed by atoms with Crippen LogP contribution in [-0.2, 0) is 0 Å². The molecule has 0 heteroatoms. The predicted octanol–water partition coefficient (Wildman–Crippen LogP) is 4.62. The van der Waals surface area contributed by atoms with Crippen LogP contribution in [0.15, 0.2) is 23.8 Å². The molecule has 0 radical (unpaired) electrons. The van der Waals surface area contributed by atoms with Crippen LogP contribution in [0.3, 0.4) is 0 Å². The molecule has 0 aliphatic heterocycles. The van der Waals surface area contributed by atoms with E-state index in [0.29, 0.717) is 0 Å². The van der Waals surface area contributed by atoms with E-state index in [1.54, 1.807) is 5.57 Å². The maximum absolute atomic E-state index is 2.50. The lowest BCUT2D eigenvalue weighted by atomic mass is 9.88. The molecule has 1 unspecified atom stereocenters. The molecule has 1 atom stereocenters. The molecule has 0 fully saturated rings. The van der Waals surface area contributed by atoms with E-state index in [-0.39, 0.29) is 0 Å². The molecule has 0 nitrogen and oxygen atoms in total. The van der Waals surface area contributed by atoms with E-state index in [4.69, 9.17) is 0 Å². The summed E-state index contributed by atoms with van der Waals surface area (Å²) in [5, 5.41) is 0. The van der Waals surface area contributed by atoms with Crippen molar-refractivity contribution < 1.29 is 0 Å². The molecule has 0 saturated heterocycles. The zero-order valence-electron chi connectivity index (χ0n) is 9.17. The van der Waals surface area contributed by atoms with Gasteiger partial charge >= 0.3 is 0 Å². The molecule has 0 aromatic heterocycles. The third-order valence-electron chi connectivity index (χ3n) is 3.58. The second kappa shape index (κ2) is 5.38. The predicted molar refractivity (Wildman–Crippen MR) is 62.3 cm³/mol. The number of hydrogen-bond acceptors (Lipinski definition) is 0. The first-order chi connectivity index (χ1) is 6.95. The van der Waals surface area contributed by atoms with Gasteiger partial charge in [-0.1, -0.05) is 23.8 Å². The van der Waals surface area contributed by atoms with E-state index in [1.807, 2.05) is 0 Å². The van der Waals surface area contributed by atoms with Crippen LogP contribution in [-0.4, -0.2) is 0 Å². The molecule has 0 amide bonds. The molecular weight excluding hydrogens is 168 g/mol. The standard InChI is InChI=1S/C14H22/c1-3-7-13(8-4-1)11-12-14-9-5-2-6-10-14/h3,7,9,13H,1-2,4-6,8,10-12H2. The monoisotopic (exact) mass is 190 g/mol. The van der Waals surface area contributed by atoms with Crippen molar-refractivity contribution in [3.05, 3.63) is 23.8 Å². The second-order valence-corrected chi connectivity index (χ2v) is 4.77. The summed E-state index contributed by atoms with van der Waals surface area (Å²) in [5.41, 5.74) is 1.75. The average Bonchev–Trinajstić information content (AvgIpc) is 2.29. The van der Waals surface area contributed by atoms with Crippen molar-refractivity contribution in [3.63, 3.8) is 0 Å². The Morgan fingerprint density at radius 1 is 1.14 bits per heavy atom. The van der Waals surface area contributed by atoms with Crippen LogP contribution >= 0.6 is 0 Å². The quantitative estimate of drug-likeness (QED) is 0.569. The van der Waals surface area contributed by atoms with Crippen LogP contribution in [0, 0.1) is 5.92 Å². The van der Waals surface area contributed by atoms with Crippen molar-refractivity contribution in [2.24, 2.45) is 5.92 Å².